The molecule has 1 amide bonds. The summed E-state index contributed by atoms with van der Waals surface area (Å²) in [4.78, 5) is 28.8. The summed E-state index contributed by atoms with van der Waals surface area (Å²) >= 11 is 0. The van der Waals surface area contributed by atoms with Crippen molar-refractivity contribution >= 4 is 34.4 Å². The van der Waals surface area contributed by atoms with Crippen LogP contribution in [0.1, 0.15) is 45.6 Å². The highest BCUT2D eigenvalue weighted by molar-refractivity contribution is 6.07. The zero-order valence-corrected chi connectivity index (χ0v) is 16.3. The number of carbonyl (C=O) groups is 2. The molecular formula is C24H22N2O3. The Hall–Kier alpha value is -3.47. The van der Waals surface area contributed by atoms with Crippen LogP contribution in [0.5, 0.6) is 0 Å². The summed E-state index contributed by atoms with van der Waals surface area (Å²) in [6.45, 7) is 1.63. The summed E-state index contributed by atoms with van der Waals surface area (Å²) in [6, 6.07) is 15.8. The summed E-state index contributed by atoms with van der Waals surface area (Å²) in [7, 11) is 0. The van der Waals surface area contributed by atoms with Gasteiger partial charge in [-0.1, -0.05) is 48.0 Å². The van der Waals surface area contributed by atoms with Crippen molar-refractivity contribution in [1.82, 2.24) is 4.98 Å². The second kappa shape index (κ2) is 7.87. The summed E-state index contributed by atoms with van der Waals surface area (Å²) < 4.78 is 5.17. The summed E-state index contributed by atoms with van der Waals surface area (Å²) in [5.74, 6) is -1.21. The number of primary amides is 1. The van der Waals surface area contributed by atoms with Crippen LogP contribution in [0.2, 0.25) is 0 Å². The van der Waals surface area contributed by atoms with Crippen molar-refractivity contribution in [2.24, 2.45) is 5.73 Å². The number of hydrogen-bond donors (Lipinski definition) is 1. The maximum absolute atomic E-state index is 12.9. The average Bonchev–Trinajstić information content (AvgIpc) is 2.72. The molecule has 0 aliphatic heterocycles. The number of rotatable bonds is 4. The normalized spacial score (nSPS) is 14.6. The van der Waals surface area contributed by atoms with Gasteiger partial charge in [0, 0.05) is 5.39 Å². The van der Waals surface area contributed by atoms with E-state index in [2.05, 4.69) is 37.3 Å². The van der Waals surface area contributed by atoms with E-state index in [1.165, 1.54) is 5.56 Å². The number of carbonyl (C=O) groups excluding carboxylic acids is 2. The minimum atomic E-state index is -0.675. The summed E-state index contributed by atoms with van der Waals surface area (Å²) in [5.41, 5.74) is 11.5. The second-order valence-corrected chi connectivity index (χ2v) is 7.31. The molecule has 3 aromatic rings. The predicted octanol–water partition coefficient (Wildman–Crippen LogP) is 4.06. The number of hydrogen-bond acceptors (Lipinski definition) is 4. The Labute approximate surface area is 169 Å². The van der Waals surface area contributed by atoms with Crippen molar-refractivity contribution in [3.8, 4) is 0 Å². The van der Waals surface area contributed by atoms with Crippen LogP contribution in [-0.2, 0) is 16.0 Å². The van der Waals surface area contributed by atoms with Gasteiger partial charge < -0.3 is 10.5 Å². The lowest BCUT2D eigenvalue weighted by atomic mass is 9.86. The predicted molar refractivity (Wildman–Crippen MR) is 113 cm³/mol. The molecule has 29 heavy (non-hydrogen) atoms. The van der Waals surface area contributed by atoms with Crippen LogP contribution in [0.4, 0.5) is 0 Å². The third-order valence-corrected chi connectivity index (χ3v) is 5.14. The first-order valence-electron chi connectivity index (χ1n) is 9.67. The molecule has 0 saturated heterocycles. The second-order valence-electron chi connectivity index (χ2n) is 7.31. The molecule has 0 saturated carbocycles. The fourth-order valence-electron chi connectivity index (χ4n) is 3.78. The van der Waals surface area contributed by atoms with E-state index in [4.69, 9.17) is 15.5 Å². The third-order valence-electron chi connectivity index (χ3n) is 5.14. The van der Waals surface area contributed by atoms with Crippen LogP contribution in [-0.4, -0.2) is 23.5 Å². The molecule has 1 aliphatic rings. The van der Waals surface area contributed by atoms with Crippen LogP contribution >= 0.6 is 0 Å². The van der Waals surface area contributed by atoms with Crippen LogP contribution < -0.4 is 5.73 Å². The zero-order valence-electron chi connectivity index (χ0n) is 16.3. The van der Waals surface area contributed by atoms with Gasteiger partial charge in [0.05, 0.1) is 16.8 Å². The van der Waals surface area contributed by atoms with Crippen molar-refractivity contribution in [2.45, 2.75) is 26.2 Å². The first-order chi connectivity index (χ1) is 14.0. The highest BCUT2D eigenvalue weighted by atomic mass is 16.5. The van der Waals surface area contributed by atoms with Gasteiger partial charge in [0.2, 0.25) is 0 Å². The number of aromatic nitrogens is 1. The van der Waals surface area contributed by atoms with E-state index in [0.29, 0.717) is 5.56 Å². The molecule has 5 heteroatoms. The Kier molecular flexibility index (Phi) is 5.12. The van der Waals surface area contributed by atoms with Gasteiger partial charge >= 0.3 is 5.97 Å². The minimum Gasteiger partial charge on any atom is -0.452 e. The number of allylic oxidation sites excluding steroid dienone is 1. The van der Waals surface area contributed by atoms with E-state index < -0.39 is 18.5 Å². The number of benzene rings is 2. The van der Waals surface area contributed by atoms with Crippen LogP contribution in [0.3, 0.4) is 0 Å². The molecule has 4 rings (SSSR count). The van der Waals surface area contributed by atoms with Gasteiger partial charge in [0.25, 0.3) is 5.91 Å². The lowest BCUT2D eigenvalue weighted by Gasteiger charge is -2.22. The molecule has 1 aromatic heterocycles. The third kappa shape index (κ3) is 3.90. The SMILES string of the molecule is Cc1ccc(C=C2CCCc3c2nc2ccccc2c3C(=O)OCC(N)=O)cc1. The first kappa shape index (κ1) is 18.9. The molecule has 5 nitrogen and oxygen atoms in total. The number of amides is 1. The number of fused-ring (bicyclic) bond motifs is 2. The maximum Gasteiger partial charge on any atom is 0.339 e. The number of esters is 1. The van der Waals surface area contributed by atoms with Gasteiger partial charge in [0.15, 0.2) is 6.61 Å². The Morgan fingerprint density at radius 1 is 1.10 bits per heavy atom. The van der Waals surface area contributed by atoms with E-state index in [9.17, 15) is 9.59 Å². The van der Waals surface area contributed by atoms with Crippen LogP contribution in [0.25, 0.3) is 22.6 Å². The lowest BCUT2D eigenvalue weighted by Crippen LogP contribution is -2.22. The molecule has 1 aliphatic carbocycles. The standard InChI is InChI=1S/C24H22N2O3/c1-15-9-11-16(12-10-15)13-17-5-4-7-19-22(24(28)29-14-21(25)27)18-6-2-3-8-20(18)26-23(17)19/h2-3,6,8-13H,4-5,7,14H2,1H3,(H2,25,27). The summed E-state index contributed by atoms with van der Waals surface area (Å²) in [5, 5.41) is 0.734. The molecule has 0 fully saturated rings. The molecule has 0 atom stereocenters. The van der Waals surface area contributed by atoms with Gasteiger partial charge in [-0.05, 0) is 55.0 Å². The van der Waals surface area contributed by atoms with Gasteiger partial charge in [-0.3, -0.25) is 4.79 Å². The smallest absolute Gasteiger partial charge is 0.339 e. The van der Waals surface area contributed by atoms with Crippen molar-refractivity contribution in [3.63, 3.8) is 0 Å². The Morgan fingerprint density at radius 2 is 1.86 bits per heavy atom. The van der Waals surface area contributed by atoms with Crippen molar-refractivity contribution in [3.05, 3.63) is 76.5 Å². The minimum absolute atomic E-state index is 0.434. The number of para-hydroxylation sites is 1. The van der Waals surface area contributed by atoms with E-state index in [1.54, 1.807) is 0 Å². The first-order valence-corrected chi connectivity index (χ1v) is 9.67. The molecule has 2 aromatic carbocycles. The average molecular weight is 386 g/mol. The molecule has 0 bridgehead atoms. The topological polar surface area (TPSA) is 82.3 Å². The fraction of sp³-hybridized carbons (Fsp3) is 0.208. The molecule has 0 unspecified atom stereocenters. The number of ether oxygens (including phenoxy) is 1. The van der Waals surface area contributed by atoms with E-state index in [1.807, 2.05) is 24.3 Å². The lowest BCUT2D eigenvalue weighted by molar-refractivity contribution is -0.121. The molecule has 1 heterocycles. The Morgan fingerprint density at radius 3 is 2.62 bits per heavy atom. The van der Waals surface area contributed by atoms with Gasteiger partial charge in [-0.2, -0.15) is 0 Å². The van der Waals surface area contributed by atoms with E-state index in [0.717, 1.165) is 52.6 Å². The fourth-order valence-corrected chi connectivity index (χ4v) is 3.78. The molecular weight excluding hydrogens is 364 g/mol. The van der Waals surface area contributed by atoms with Gasteiger partial charge in [-0.25, -0.2) is 9.78 Å². The van der Waals surface area contributed by atoms with E-state index >= 15 is 0 Å². The highest BCUT2D eigenvalue weighted by Gasteiger charge is 2.26. The number of nitrogens with two attached hydrogens (primary N) is 1. The monoisotopic (exact) mass is 386 g/mol. The van der Waals surface area contributed by atoms with Crippen molar-refractivity contribution in [2.75, 3.05) is 6.61 Å². The van der Waals surface area contributed by atoms with Gasteiger partial charge in [-0.15, -0.1) is 0 Å². The van der Waals surface area contributed by atoms with Crippen LogP contribution in [0.15, 0.2) is 48.5 Å². The Balaban J connectivity index is 1.87. The molecule has 146 valence electrons. The maximum atomic E-state index is 12.9. The Bertz CT molecular complexity index is 1130. The largest absolute Gasteiger partial charge is 0.452 e. The van der Waals surface area contributed by atoms with Crippen molar-refractivity contribution in [1.29, 1.82) is 0 Å². The number of nitrogens with zero attached hydrogens (tertiary/aromatic N) is 1. The van der Waals surface area contributed by atoms with Gasteiger partial charge in [0.1, 0.15) is 0 Å². The van der Waals surface area contributed by atoms with Crippen LogP contribution in [0, 0.1) is 6.92 Å². The van der Waals surface area contributed by atoms with E-state index in [-0.39, 0.29) is 0 Å². The zero-order chi connectivity index (χ0) is 20.4. The highest BCUT2D eigenvalue weighted by Crippen LogP contribution is 2.36. The molecule has 0 spiro atoms. The van der Waals surface area contributed by atoms with Crippen molar-refractivity contribution < 1.29 is 14.3 Å². The summed E-state index contributed by atoms with van der Waals surface area (Å²) in [6.07, 6.45) is 4.68. The molecule has 0 radical (unpaired) electrons. The molecule has 2 N–H and O–H groups in total. The quantitative estimate of drug-likeness (QED) is 0.686. The number of aryl methyl sites for hydroxylation is 1. The number of pyridine rings is 1.